The average Bonchev–Trinajstić information content (AvgIpc) is 2.65. The fraction of sp³-hybridized carbons (Fsp3) is 0.250. The highest BCUT2D eigenvalue weighted by Crippen LogP contribution is 2.30. The maximum Gasteiger partial charge on any atom is 0.0998 e. The van der Waals surface area contributed by atoms with Crippen LogP contribution in [-0.2, 0) is 6.42 Å². The largest absolute Gasteiger partial charge is 0.192 e. The highest BCUT2D eigenvalue weighted by Gasteiger charge is 2.08. The Morgan fingerprint density at radius 3 is 2.93 bits per heavy atom. The van der Waals surface area contributed by atoms with Crippen LogP contribution < -0.4 is 0 Å². The molecule has 1 aromatic carbocycles. The van der Waals surface area contributed by atoms with E-state index in [0.717, 1.165) is 17.4 Å². The summed E-state index contributed by atoms with van der Waals surface area (Å²) >= 11 is 1.73. The Morgan fingerprint density at radius 2 is 2.29 bits per heavy atom. The summed E-state index contributed by atoms with van der Waals surface area (Å²) in [7, 11) is 0. The zero-order chi connectivity index (χ0) is 10.1. The van der Waals surface area contributed by atoms with Gasteiger partial charge in [0.1, 0.15) is 0 Å². The van der Waals surface area contributed by atoms with Crippen LogP contribution >= 0.6 is 11.3 Å². The van der Waals surface area contributed by atoms with Gasteiger partial charge in [-0.1, -0.05) is 6.92 Å². The van der Waals surface area contributed by atoms with Gasteiger partial charge in [-0.2, -0.15) is 5.26 Å². The van der Waals surface area contributed by atoms with Crippen molar-refractivity contribution in [1.29, 1.82) is 5.26 Å². The summed E-state index contributed by atoms with van der Waals surface area (Å²) in [5.74, 6) is 0. The minimum Gasteiger partial charge on any atom is -0.192 e. The third-order valence-corrected chi connectivity index (χ3v) is 3.51. The fourth-order valence-corrected chi connectivity index (χ4v) is 2.94. The molecule has 0 aliphatic rings. The molecule has 70 valence electrons. The van der Waals surface area contributed by atoms with Crippen molar-refractivity contribution in [3.63, 3.8) is 0 Å². The maximum absolute atomic E-state index is 9.00. The van der Waals surface area contributed by atoms with Crippen LogP contribution in [0.4, 0.5) is 0 Å². The lowest BCUT2D eigenvalue weighted by atomic mass is 10.0. The zero-order valence-electron chi connectivity index (χ0n) is 8.29. The van der Waals surface area contributed by atoms with E-state index in [0.29, 0.717) is 0 Å². The van der Waals surface area contributed by atoms with Crippen LogP contribution in [0.15, 0.2) is 17.5 Å². The van der Waals surface area contributed by atoms with Gasteiger partial charge in [0, 0.05) is 10.1 Å². The Balaban J connectivity index is 2.90. The average molecular weight is 201 g/mol. The standard InChI is InChI=1S/C12H11NS/c1-3-10-8(2)6-9(7-13)11-4-5-14-12(10)11/h4-6H,3H2,1-2H3. The lowest BCUT2D eigenvalue weighted by Gasteiger charge is -2.05. The molecule has 0 fully saturated rings. The van der Waals surface area contributed by atoms with Crippen molar-refractivity contribution in [3.05, 3.63) is 34.2 Å². The van der Waals surface area contributed by atoms with Gasteiger partial charge in [0.25, 0.3) is 0 Å². The molecule has 14 heavy (non-hydrogen) atoms. The molecule has 0 bridgehead atoms. The Bertz CT molecular complexity index is 517. The SMILES string of the molecule is CCc1c(C)cc(C#N)c2ccsc12. The number of aryl methyl sites for hydroxylation is 2. The number of hydrogen-bond acceptors (Lipinski definition) is 2. The van der Waals surface area contributed by atoms with Crippen LogP contribution in [0.1, 0.15) is 23.6 Å². The number of thiophene rings is 1. The third-order valence-electron chi connectivity index (χ3n) is 2.54. The van der Waals surface area contributed by atoms with Crippen molar-refractivity contribution in [1.82, 2.24) is 0 Å². The van der Waals surface area contributed by atoms with E-state index in [1.165, 1.54) is 15.8 Å². The van der Waals surface area contributed by atoms with E-state index >= 15 is 0 Å². The van der Waals surface area contributed by atoms with Crippen molar-refractivity contribution in [3.8, 4) is 6.07 Å². The van der Waals surface area contributed by atoms with E-state index < -0.39 is 0 Å². The van der Waals surface area contributed by atoms with Gasteiger partial charge in [0.05, 0.1) is 11.6 Å². The molecule has 0 amide bonds. The van der Waals surface area contributed by atoms with Gasteiger partial charge in [-0.05, 0) is 42.0 Å². The second-order valence-corrected chi connectivity index (χ2v) is 4.26. The summed E-state index contributed by atoms with van der Waals surface area (Å²) in [6, 6.07) is 6.29. The molecule has 0 spiro atoms. The Morgan fingerprint density at radius 1 is 1.50 bits per heavy atom. The molecule has 0 radical (unpaired) electrons. The first-order chi connectivity index (χ1) is 6.77. The molecule has 1 aromatic heterocycles. The normalized spacial score (nSPS) is 10.4. The topological polar surface area (TPSA) is 23.8 Å². The predicted octanol–water partition coefficient (Wildman–Crippen LogP) is 3.64. The zero-order valence-corrected chi connectivity index (χ0v) is 9.11. The van der Waals surface area contributed by atoms with E-state index in [1.54, 1.807) is 11.3 Å². The van der Waals surface area contributed by atoms with Gasteiger partial charge in [-0.25, -0.2) is 0 Å². The molecule has 2 aromatic rings. The number of nitriles is 1. The number of benzene rings is 1. The molecule has 1 heterocycles. The van der Waals surface area contributed by atoms with Crippen molar-refractivity contribution in [2.75, 3.05) is 0 Å². The first kappa shape index (κ1) is 9.23. The summed E-state index contributed by atoms with van der Waals surface area (Å²) in [6.07, 6.45) is 1.04. The quantitative estimate of drug-likeness (QED) is 0.691. The summed E-state index contributed by atoms with van der Waals surface area (Å²) in [5, 5.41) is 12.2. The molecule has 0 aliphatic carbocycles. The van der Waals surface area contributed by atoms with Crippen LogP contribution in [0.25, 0.3) is 10.1 Å². The minimum atomic E-state index is 0.802. The highest BCUT2D eigenvalue weighted by molar-refractivity contribution is 7.17. The van der Waals surface area contributed by atoms with Crippen LogP contribution in [0.3, 0.4) is 0 Å². The van der Waals surface area contributed by atoms with Gasteiger partial charge in [-0.15, -0.1) is 11.3 Å². The lowest BCUT2D eigenvalue weighted by molar-refractivity contribution is 1.13. The molecule has 2 heteroatoms. The molecule has 2 rings (SSSR count). The summed E-state index contributed by atoms with van der Waals surface area (Å²) in [6.45, 7) is 4.24. The van der Waals surface area contributed by atoms with E-state index in [1.807, 2.05) is 12.1 Å². The molecule has 0 saturated heterocycles. The van der Waals surface area contributed by atoms with Crippen molar-refractivity contribution < 1.29 is 0 Å². The Kier molecular flexibility index (Phi) is 2.26. The molecule has 0 aliphatic heterocycles. The second kappa shape index (κ2) is 3.43. The third kappa shape index (κ3) is 1.21. The first-order valence-electron chi connectivity index (χ1n) is 4.67. The minimum absolute atomic E-state index is 0.802. The van der Waals surface area contributed by atoms with Crippen LogP contribution in [0, 0.1) is 18.3 Å². The Labute approximate surface area is 87.6 Å². The smallest absolute Gasteiger partial charge is 0.0998 e. The van der Waals surface area contributed by atoms with Gasteiger partial charge in [0.15, 0.2) is 0 Å². The van der Waals surface area contributed by atoms with Crippen LogP contribution in [0.2, 0.25) is 0 Å². The van der Waals surface area contributed by atoms with Crippen LogP contribution in [-0.4, -0.2) is 0 Å². The molecule has 0 N–H and O–H groups in total. The molecular formula is C12H11NS. The van der Waals surface area contributed by atoms with Crippen molar-refractivity contribution in [2.24, 2.45) is 0 Å². The van der Waals surface area contributed by atoms with Gasteiger partial charge in [0.2, 0.25) is 0 Å². The van der Waals surface area contributed by atoms with Crippen molar-refractivity contribution in [2.45, 2.75) is 20.3 Å². The predicted molar refractivity (Wildman–Crippen MR) is 60.7 cm³/mol. The summed E-state index contributed by atoms with van der Waals surface area (Å²) in [5.41, 5.74) is 3.42. The van der Waals surface area contributed by atoms with Gasteiger partial charge >= 0.3 is 0 Å². The number of fused-ring (bicyclic) bond motifs is 1. The first-order valence-corrected chi connectivity index (χ1v) is 5.55. The lowest BCUT2D eigenvalue weighted by Crippen LogP contribution is -1.89. The number of hydrogen-bond donors (Lipinski definition) is 0. The summed E-state index contributed by atoms with van der Waals surface area (Å²) < 4.78 is 1.28. The second-order valence-electron chi connectivity index (χ2n) is 3.35. The number of nitrogens with zero attached hydrogens (tertiary/aromatic N) is 1. The van der Waals surface area contributed by atoms with Gasteiger partial charge in [-0.3, -0.25) is 0 Å². The fourth-order valence-electron chi connectivity index (χ4n) is 1.85. The number of rotatable bonds is 1. The molecule has 0 saturated carbocycles. The Hall–Kier alpha value is -1.33. The molecular weight excluding hydrogens is 190 g/mol. The highest BCUT2D eigenvalue weighted by atomic mass is 32.1. The monoisotopic (exact) mass is 201 g/mol. The molecule has 0 atom stereocenters. The van der Waals surface area contributed by atoms with Crippen LogP contribution in [0.5, 0.6) is 0 Å². The van der Waals surface area contributed by atoms with E-state index in [4.69, 9.17) is 5.26 Å². The van der Waals surface area contributed by atoms with E-state index in [9.17, 15) is 0 Å². The van der Waals surface area contributed by atoms with Crippen molar-refractivity contribution >= 4 is 21.4 Å². The maximum atomic E-state index is 9.00. The van der Waals surface area contributed by atoms with E-state index in [2.05, 4.69) is 25.3 Å². The van der Waals surface area contributed by atoms with E-state index in [-0.39, 0.29) is 0 Å². The summed E-state index contributed by atoms with van der Waals surface area (Å²) in [4.78, 5) is 0. The van der Waals surface area contributed by atoms with Gasteiger partial charge < -0.3 is 0 Å². The molecule has 0 unspecified atom stereocenters. The molecule has 1 nitrogen and oxygen atoms in total.